The van der Waals surface area contributed by atoms with Crippen molar-refractivity contribution in [2.75, 3.05) is 13.1 Å². The fraction of sp³-hybridized carbons (Fsp3) is 0.600. The number of carbonyl (C=O) groups excluding carboxylic acids is 8. The van der Waals surface area contributed by atoms with Gasteiger partial charge in [0.05, 0.1) is 12.6 Å². The van der Waals surface area contributed by atoms with Gasteiger partial charge in [0.15, 0.2) is 0 Å². The first-order valence-corrected chi connectivity index (χ1v) is 17.6. The molecule has 2 aliphatic rings. The number of rotatable bonds is 12. The fourth-order valence-electron chi connectivity index (χ4n) is 6.25. The number of carbonyl (C=O) groups is 8. The number of hydrogen-bond donors (Lipinski definition) is 7. The molecule has 1 heterocycles. The van der Waals surface area contributed by atoms with Gasteiger partial charge in [0.25, 0.3) is 5.91 Å². The van der Waals surface area contributed by atoms with Crippen molar-refractivity contribution in [2.45, 2.75) is 115 Å². The molecule has 0 aromatic heterocycles. The van der Waals surface area contributed by atoms with Crippen LogP contribution in [0.3, 0.4) is 0 Å². The van der Waals surface area contributed by atoms with Gasteiger partial charge in [-0.15, -0.1) is 0 Å². The van der Waals surface area contributed by atoms with Crippen molar-refractivity contribution >= 4 is 47.1 Å². The molecule has 15 heteroatoms. The molecular formula is C35H51N7O8. The topological polar surface area (TPSA) is 235 Å². The summed E-state index contributed by atoms with van der Waals surface area (Å²) in [5, 5.41) is 15.7. The second-order valence-electron chi connectivity index (χ2n) is 12.9. The van der Waals surface area contributed by atoms with E-state index in [1.54, 1.807) is 37.3 Å². The van der Waals surface area contributed by atoms with E-state index in [0.29, 0.717) is 37.8 Å². The first-order valence-electron chi connectivity index (χ1n) is 17.6. The molecule has 0 bridgehead atoms. The summed E-state index contributed by atoms with van der Waals surface area (Å²) >= 11 is 0. The molecule has 1 aliphatic heterocycles. The van der Waals surface area contributed by atoms with Crippen LogP contribution in [0, 0.1) is 5.92 Å². The van der Waals surface area contributed by atoms with E-state index in [2.05, 4.69) is 31.9 Å². The van der Waals surface area contributed by atoms with Crippen LogP contribution >= 0.6 is 0 Å². The van der Waals surface area contributed by atoms with Crippen molar-refractivity contribution in [1.82, 2.24) is 31.9 Å². The number of ketones is 1. The number of nitrogens with one attached hydrogen (secondary N) is 6. The Morgan fingerprint density at radius 1 is 0.840 bits per heavy atom. The molecule has 15 nitrogen and oxygen atoms in total. The predicted molar refractivity (Wildman–Crippen MR) is 183 cm³/mol. The summed E-state index contributed by atoms with van der Waals surface area (Å²) in [5.41, 5.74) is 5.88. The Balaban J connectivity index is 1.69. The van der Waals surface area contributed by atoms with Gasteiger partial charge in [-0.1, -0.05) is 62.9 Å². The van der Waals surface area contributed by atoms with Crippen LogP contribution in [0.1, 0.15) is 102 Å². The first kappa shape index (κ1) is 39.6. The number of Topliss-reactive ketones (excluding diaryl/α,β-unsaturated/α-hetero) is 1. The van der Waals surface area contributed by atoms with Gasteiger partial charge in [0.2, 0.25) is 41.2 Å². The SMILES string of the molecule is CCCC(NC(=O)[C@@H]1CCCCNC(=O)CCCC(=O)N[C@@H](C2CCCCC2)C(=O)N1)C(=O)C(=O)NCC(=O)N[C@H](C(N)=O)c1ccccc1. The molecule has 1 aromatic carbocycles. The lowest BCUT2D eigenvalue weighted by molar-refractivity contribution is -0.141. The molecule has 1 aromatic rings. The van der Waals surface area contributed by atoms with E-state index in [4.69, 9.17) is 5.73 Å². The molecule has 0 radical (unpaired) electrons. The summed E-state index contributed by atoms with van der Waals surface area (Å²) in [6.07, 6.45) is 6.65. The average molecular weight is 698 g/mol. The number of primary amides is 1. The molecule has 4 atom stereocenters. The highest BCUT2D eigenvalue weighted by Gasteiger charge is 2.35. The maximum Gasteiger partial charge on any atom is 0.290 e. The lowest BCUT2D eigenvalue weighted by Crippen LogP contribution is -2.58. The standard InChI is InChI=1S/C35H51N7O8/c1-2-12-24(31(46)35(50)38-21-28(45)42-29(32(36)47)22-13-5-3-6-14-22)39-33(48)25-17-9-10-20-37-26(43)18-11-19-27(44)41-30(34(49)40-25)23-15-7-4-8-16-23/h3,5-6,13-14,23-25,29-30H,2,4,7-12,15-21H2,1H3,(H2,36,47)(H,37,43)(H,38,50)(H,39,48)(H,40,49)(H,41,44)(H,42,45)/t24?,25-,29-,30-/m0/s1. The van der Waals surface area contributed by atoms with Crippen LogP contribution in [0.15, 0.2) is 30.3 Å². The summed E-state index contributed by atoms with van der Waals surface area (Å²) in [5.74, 6) is -5.49. The molecule has 0 spiro atoms. The van der Waals surface area contributed by atoms with Gasteiger partial charge >= 0.3 is 0 Å². The second kappa shape index (κ2) is 20.6. The van der Waals surface area contributed by atoms with Crippen molar-refractivity contribution in [3.8, 4) is 0 Å². The third-order valence-electron chi connectivity index (χ3n) is 8.97. The molecule has 2 fully saturated rings. The summed E-state index contributed by atoms with van der Waals surface area (Å²) < 4.78 is 0. The van der Waals surface area contributed by atoms with Crippen LogP contribution in [-0.2, 0) is 38.4 Å². The molecule has 1 unspecified atom stereocenters. The second-order valence-corrected chi connectivity index (χ2v) is 12.9. The van der Waals surface area contributed by atoms with Crippen molar-refractivity contribution in [3.05, 3.63) is 35.9 Å². The number of amides is 7. The highest BCUT2D eigenvalue weighted by atomic mass is 16.2. The maximum atomic E-state index is 13.7. The zero-order chi connectivity index (χ0) is 36.5. The van der Waals surface area contributed by atoms with Crippen molar-refractivity contribution in [3.63, 3.8) is 0 Å². The van der Waals surface area contributed by atoms with Gasteiger partial charge in [0, 0.05) is 19.4 Å². The molecule has 1 saturated carbocycles. The average Bonchev–Trinajstić information content (AvgIpc) is 3.11. The lowest BCUT2D eigenvalue weighted by atomic mass is 9.83. The summed E-state index contributed by atoms with van der Waals surface area (Å²) in [7, 11) is 0. The third kappa shape index (κ3) is 12.9. The zero-order valence-corrected chi connectivity index (χ0v) is 28.7. The van der Waals surface area contributed by atoms with E-state index in [1.165, 1.54) is 0 Å². The van der Waals surface area contributed by atoms with Crippen LogP contribution in [0.2, 0.25) is 0 Å². The van der Waals surface area contributed by atoms with E-state index in [0.717, 1.165) is 32.1 Å². The Labute approximate surface area is 292 Å². The normalized spacial score (nSPS) is 21.0. The molecule has 3 rings (SSSR count). The summed E-state index contributed by atoms with van der Waals surface area (Å²) in [6, 6.07) is 3.93. The largest absolute Gasteiger partial charge is 0.368 e. The minimum Gasteiger partial charge on any atom is -0.368 e. The minimum absolute atomic E-state index is 0.0805. The Hall–Kier alpha value is -4.82. The van der Waals surface area contributed by atoms with Crippen LogP contribution in [0.4, 0.5) is 0 Å². The van der Waals surface area contributed by atoms with Crippen molar-refractivity contribution < 1.29 is 38.4 Å². The molecule has 1 aliphatic carbocycles. The minimum atomic E-state index is -1.25. The highest BCUT2D eigenvalue weighted by molar-refractivity contribution is 6.38. The van der Waals surface area contributed by atoms with Gasteiger partial charge in [-0.05, 0) is 56.4 Å². The molecule has 8 N–H and O–H groups in total. The third-order valence-corrected chi connectivity index (χ3v) is 8.97. The van der Waals surface area contributed by atoms with Gasteiger partial charge in [0.1, 0.15) is 18.1 Å². The van der Waals surface area contributed by atoms with E-state index >= 15 is 0 Å². The number of benzene rings is 1. The molecule has 1 saturated heterocycles. The smallest absolute Gasteiger partial charge is 0.290 e. The summed E-state index contributed by atoms with van der Waals surface area (Å²) in [4.78, 5) is 103. The fourth-order valence-corrected chi connectivity index (χ4v) is 6.25. The summed E-state index contributed by atoms with van der Waals surface area (Å²) in [6.45, 7) is 1.49. The molecule has 50 heavy (non-hydrogen) atoms. The quantitative estimate of drug-likeness (QED) is 0.150. The predicted octanol–water partition coefficient (Wildman–Crippen LogP) is 0.320. The molecule has 7 amide bonds. The van der Waals surface area contributed by atoms with Gasteiger partial charge in [-0.25, -0.2) is 0 Å². The lowest BCUT2D eigenvalue weighted by Gasteiger charge is -2.31. The van der Waals surface area contributed by atoms with Crippen molar-refractivity contribution in [2.24, 2.45) is 11.7 Å². The zero-order valence-electron chi connectivity index (χ0n) is 28.7. The van der Waals surface area contributed by atoms with Crippen LogP contribution in [-0.4, -0.2) is 78.3 Å². The van der Waals surface area contributed by atoms with Gasteiger partial charge in [-0.3, -0.25) is 38.4 Å². The van der Waals surface area contributed by atoms with Crippen LogP contribution < -0.4 is 37.6 Å². The Morgan fingerprint density at radius 3 is 2.20 bits per heavy atom. The van der Waals surface area contributed by atoms with Crippen LogP contribution in [0.25, 0.3) is 0 Å². The monoisotopic (exact) mass is 697 g/mol. The van der Waals surface area contributed by atoms with Crippen molar-refractivity contribution in [1.29, 1.82) is 0 Å². The van der Waals surface area contributed by atoms with Crippen LogP contribution in [0.5, 0.6) is 0 Å². The first-order chi connectivity index (χ1) is 24.0. The van der Waals surface area contributed by atoms with E-state index in [9.17, 15) is 38.4 Å². The van der Waals surface area contributed by atoms with E-state index in [1.807, 2.05) is 0 Å². The highest BCUT2D eigenvalue weighted by Crippen LogP contribution is 2.27. The molecule has 274 valence electrons. The van der Waals surface area contributed by atoms with Gasteiger partial charge in [-0.2, -0.15) is 0 Å². The maximum absolute atomic E-state index is 13.7. The van der Waals surface area contributed by atoms with E-state index < -0.39 is 66.0 Å². The van der Waals surface area contributed by atoms with E-state index in [-0.39, 0.29) is 43.4 Å². The molecular weight excluding hydrogens is 646 g/mol. The Bertz CT molecular complexity index is 1370. The Kier molecular flexibility index (Phi) is 16.4. The Morgan fingerprint density at radius 2 is 1.52 bits per heavy atom. The number of nitrogens with two attached hydrogens (primary N) is 1. The van der Waals surface area contributed by atoms with Gasteiger partial charge < -0.3 is 37.6 Å². The number of hydrogen-bond acceptors (Lipinski definition) is 8.